The molecule has 2 aromatic carbocycles. The predicted molar refractivity (Wildman–Crippen MR) is 110 cm³/mol. The van der Waals surface area contributed by atoms with Crippen molar-refractivity contribution in [1.82, 2.24) is 25.1 Å². The smallest absolute Gasteiger partial charge is 0.352 e. The van der Waals surface area contributed by atoms with Crippen LogP contribution in [0.25, 0.3) is 33.1 Å². The molecule has 0 radical (unpaired) electrons. The van der Waals surface area contributed by atoms with Crippen molar-refractivity contribution in [3.8, 4) is 11.3 Å². The fraction of sp³-hybridized carbons (Fsp3) is 0.0476. The molecular weight excluding hydrogens is 368 g/mol. The van der Waals surface area contributed by atoms with E-state index in [9.17, 15) is 9.90 Å². The maximum Gasteiger partial charge on any atom is 0.352 e. The highest BCUT2D eigenvalue weighted by Gasteiger charge is 2.10. The van der Waals surface area contributed by atoms with Gasteiger partial charge in [0.15, 0.2) is 0 Å². The zero-order valence-electron chi connectivity index (χ0n) is 15.4. The van der Waals surface area contributed by atoms with Crippen molar-refractivity contribution in [2.24, 2.45) is 0 Å². The lowest BCUT2D eigenvalue weighted by Gasteiger charge is -2.09. The zero-order chi connectivity index (χ0) is 20.0. The number of carboxylic acid groups (broad SMARTS) is 1. The predicted octanol–water partition coefficient (Wildman–Crippen LogP) is 4.25. The highest BCUT2D eigenvalue weighted by molar-refractivity contribution is 5.95. The molecule has 0 spiro atoms. The van der Waals surface area contributed by atoms with Crippen LogP contribution in [0.15, 0.2) is 54.7 Å². The molecule has 3 aromatic heterocycles. The Kier molecular flexibility index (Phi) is 3.77. The van der Waals surface area contributed by atoms with Crippen LogP contribution in [0.5, 0.6) is 0 Å². The van der Waals surface area contributed by atoms with E-state index in [1.54, 1.807) is 12.3 Å². The quantitative estimate of drug-likeness (QED) is 0.368. The summed E-state index contributed by atoms with van der Waals surface area (Å²) in [5.74, 6) is -0.498. The summed E-state index contributed by atoms with van der Waals surface area (Å²) in [5, 5.41) is 21.2. The topological polar surface area (TPSA) is 120 Å². The Bertz CT molecular complexity index is 1380. The van der Waals surface area contributed by atoms with E-state index in [0.29, 0.717) is 5.95 Å². The number of aryl methyl sites for hydroxylation is 1. The van der Waals surface area contributed by atoms with Crippen LogP contribution in [0.3, 0.4) is 0 Å². The summed E-state index contributed by atoms with van der Waals surface area (Å²) < 4.78 is 0. The van der Waals surface area contributed by atoms with Gasteiger partial charge in [0.2, 0.25) is 5.95 Å². The summed E-state index contributed by atoms with van der Waals surface area (Å²) in [4.78, 5) is 23.2. The van der Waals surface area contributed by atoms with Crippen LogP contribution in [0, 0.1) is 6.92 Å². The Morgan fingerprint density at radius 2 is 1.90 bits per heavy atom. The fourth-order valence-corrected chi connectivity index (χ4v) is 3.32. The van der Waals surface area contributed by atoms with E-state index in [1.165, 1.54) is 0 Å². The second kappa shape index (κ2) is 6.45. The van der Waals surface area contributed by atoms with Crippen molar-refractivity contribution < 1.29 is 9.90 Å². The first kappa shape index (κ1) is 16.9. The monoisotopic (exact) mass is 384 g/mol. The standard InChI is InChI=1S/C21H16N6O2/c1-11-6-17(12-2-3-13-9-19(20(28)29)25-18(13)8-12)26-21(23-11)24-15-4-5-16-14(7-15)10-22-27-16/h2-10,25H,1H3,(H,22,27)(H,28,29)(H,23,24,26). The third-order valence-electron chi connectivity index (χ3n) is 4.70. The molecule has 0 saturated carbocycles. The van der Waals surface area contributed by atoms with Crippen LogP contribution < -0.4 is 5.32 Å². The first-order valence-corrected chi connectivity index (χ1v) is 8.97. The van der Waals surface area contributed by atoms with E-state index in [2.05, 4.69) is 30.5 Å². The minimum absolute atomic E-state index is 0.160. The third kappa shape index (κ3) is 3.16. The number of aromatic amines is 2. The first-order chi connectivity index (χ1) is 14.0. The van der Waals surface area contributed by atoms with Gasteiger partial charge in [-0.1, -0.05) is 12.1 Å². The second-order valence-electron chi connectivity index (χ2n) is 6.81. The molecule has 5 rings (SSSR count). The lowest BCUT2D eigenvalue weighted by Crippen LogP contribution is -2.00. The number of carbonyl (C=O) groups is 1. The minimum Gasteiger partial charge on any atom is -0.477 e. The lowest BCUT2D eigenvalue weighted by molar-refractivity contribution is 0.0691. The number of nitrogens with zero attached hydrogens (tertiary/aromatic N) is 3. The number of nitrogens with one attached hydrogen (secondary N) is 3. The van der Waals surface area contributed by atoms with Gasteiger partial charge in [-0.2, -0.15) is 5.10 Å². The second-order valence-corrected chi connectivity index (χ2v) is 6.81. The maximum atomic E-state index is 11.2. The van der Waals surface area contributed by atoms with E-state index >= 15 is 0 Å². The summed E-state index contributed by atoms with van der Waals surface area (Å²) in [5.41, 5.74) is 5.17. The highest BCUT2D eigenvalue weighted by Crippen LogP contribution is 2.26. The number of aromatic carboxylic acids is 1. The number of hydrogen-bond donors (Lipinski definition) is 4. The Balaban J connectivity index is 1.51. The number of benzene rings is 2. The van der Waals surface area contributed by atoms with Gasteiger partial charge in [0, 0.05) is 33.2 Å². The van der Waals surface area contributed by atoms with Crippen molar-refractivity contribution in [3.05, 3.63) is 66.1 Å². The molecule has 0 amide bonds. The molecule has 29 heavy (non-hydrogen) atoms. The zero-order valence-corrected chi connectivity index (χ0v) is 15.4. The molecule has 4 N–H and O–H groups in total. The van der Waals surface area contributed by atoms with Gasteiger partial charge in [0.25, 0.3) is 0 Å². The number of aromatic nitrogens is 5. The van der Waals surface area contributed by atoms with Gasteiger partial charge in [-0.25, -0.2) is 14.8 Å². The van der Waals surface area contributed by atoms with Gasteiger partial charge in [-0.3, -0.25) is 5.10 Å². The largest absolute Gasteiger partial charge is 0.477 e. The van der Waals surface area contributed by atoms with E-state index in [0.717, 1.165) is 44.4 Å². The van der Waals surface area contributed by atoms with Crippen LogP contribution in [0.2, 0.25) is 0 Å². The summed E-state index contributed by atoms with van der Waals surface area (Å²) >= 11 is 0. The SMILES string of the molecule is Cc1cc(-c2ccc3cc(C(=O)O)[nH]c3c2)nc(Nc2ccc3[nH]ncc3c2)n1. The summed E-state index contributed by atoms with van der Waals surface area (Å²) in [7, 11) is 0. The van der Waals surface area contributed by atoms with Gasteiger partial charge >= 0.3 is 5.97 Å². The van der Waals surface area contributed by atoms with Crippen LogP contribution in [-0.4, -0.2) is 36.2 Å². The summed E-state index contributed by atoms with van der Waals surface area (Å²) in [6.45, 7) is 1.91. The molecule has 5 aromatic rings. The molecule has 0 saturated heterocycles. The molecule has 0 bridgehead atoms. The van der Waals surface area contributed by atoms with Crippen LogP contribution in [0.4, 0.5) is 11.6 Å². The highest BCUT2D eigenvalue weighted by atomic mass is 16.4. The Morgan fingerprint density at radius 3 is 2.76 bits per heavy atom. The molecule has 8 heteroatoms. The Morgan fingerprint density at radius 1 is 1.00 bits per heavy atom. The van der Waals surface area contributed by atoms with E-state index < -0.39 is 5.97 Å². The van der Waals surface area contributed by atoms with Crippen molar-refractivity contribution >= 4 is 39.4 Å². The lowest BCUT2D eigenvalue weighted by atomic mass is 10.1. The van der Waals surface area contributed by atoms with Gasteiger partial charge in [-0.15, -0.1) is 0 Å². The average Bonchev–Trinajstić information content (AvgIpc) is 3.33. The Hall–Kier alpha value is -4.20. The van der Waals surface area contributed by atoms with Crippen LogP contribution >= 0.6 is 0 Å². The number of H-pyrrole nitrogens is 2. The number of anilines is 2. The third-order valence-corrected chi connectivity index (χ3v) is 4.70. The summed E-state index contributed by atoms with van der Waals surface area (Å²) in [6.07, 6.45) is 1.76. The van der Waals surface area contributed by atoms with Gasteiger partial charge in [0.1, 0.15) is 5.69 Å². The number of fused-ring (bicyclic) bond motifs is 2. The molecular formula is C21H16N6O2. The number of rotatable bonds is 4. The minimum atomic E-state index is -0.985. The van der Waals surface area contributed by atoms with Crippen molar-refractivity contribution in [2.45, 2.75) is 6.92 Å². The van der Waals surface area contributed by atoms with Gasteiger partial charge in [-0.05, 0) is 43.3 Å². The molecule has 0 fully saturated rings. The van der Waals surface area contributed by atoms with E-state index in [1.807, 2.05) is 49.4 Å². The average molecular weight is 384 g/mol. The molecule has 142 valence electrons. The van der Waals surface area contributed by atoms with E-state index in [4.69, 9.17) is 0 Å². The van der Waals surface area contributed by atoms with Crippen LogP contribution in [0.1, 0.15) is 16.2 Å². The van der Waals surface area contributed by atoms with E-state index in [-0.39, 0.29) is 5.69 Å². The molecule has 0 atom stereocenters. The van der Waals surface area contributed by atoms with Gasteiger partial charge < -0.3 is 15.4 Å². The maximum absolute atomic E-state index is 11.2. The van der Waals surface area contributed by atoms with Crippen molar-refractivity contribution in [2.75, 3.05) is 5.32 Å². The first-order valence-electron chi connectivity index (χ1n) is 8.97. The molecule has 0 aliphatic heterocycles. The summed E-state index contributed by atoms with van der Waals surface area (Å²) in [6, 6.07) is 15.1. The van der Waals surface area contributed by atoms with Crippen molar-refractivity contribution in [3.63, 3.8) is 0 Å². The number of carboxylic acids is 1. The van der Waals surface area contributed by atoms with Crippen LogP contribution in [-0.2, 0) is 0 Å². The molecule has 0 unspecified atom stereocenters. The molecule has 3 heterocycles. The normalized spacial score (nSPS) is 11.2. The fourth-order valence-electron chi connectivity index (χ4n) is 3.32. The Labute approximate surface area is 164 Å². The number of hydrogen-bond acceptors (Lipinski definition) is 5. The van der Waals surface area contributed by atoms with Crippen molar-refractivity contribution in [1.29, 1.82) is 0 Å². The molecule has 0 aliphatic carbocycles. The van der Waals surface area contributed by atoms with Gasteiger partial charge in [0.05, 0.1) is 17.4 Å². The molecule has 0 aliphatic rings. The molecule has 8 nitrogen and oxygen atoms in total.